The van der Waals surface area contributed by atoms with Gasteiger partial charge in [-0.25, -0.2) is 17.5 Å². The average Bonchev–Trinajstić information content (AvgIpc) is 2.27. The number of rotatable bonds is 6. The second kappa shape index (κ2) is 5.96. The van der Waals surface area contributed by atoms with Crippen molar-refractivity contribution >= 4 is 10.0 Å². The number of halogens is 1. The van der Waals surface area contributed by atoms with Crippen LogP contribution < -0.4 is 10.5 Å². The van der Waals surface area contributed by atoms with E-state index in [1.165, 1.54) is 19.2 Å². The van der Waals surface area contributed by atoms with Gasteiger partial charge in [-0.1, -0.05) is 6.07 Å². The summed E-state index contributed by atoms with van der Waals surface area (Å²) in [5.41, 5.74) is 5.04. The first kappa shape index (κ1) is 16.0. The Morgan fingerprint density at radius 1 is 1.42 bits per heavy atom. The highest BCUT2D eigenvalue weighted by Gasteiger charge is 2.28. The highest BCUT2D eigenvalue weighted by atomic mass is 32.2. The van der Waals surface area contributed by atoms with Crippen molar-refractivity contribution in [2.45, 2.75) is 30.8 Å². The van der Waals surface area contributed by atoms with Crippen molar-refractivity contribution in [3.05, 3.63) is 29.6 Å². The average molecular weight is 290 g/mol. The van der Waals surface area contributed by atoms with E-state index in [-0.39, 0.29) is 18.0 Å². The van der Waals surface area contributed by atoms with Crippen molar-refractivity contribution in [1.82, 2.24) is 4.72 Å². The van der Waals surface area contributed by atoms with Gasteiger partial charge in [0, 0.05) is 13.7 Å². The molecule has 0 aliphatic heterocycles. The monoisotopic (exact) mass is 290 g/mol. The Hall–Kier alpha value is -1.02. The molecule has 5 nitrogen and oxygen atoms in total. The zero-order chi connectivity index (χ0) is 14.7. The maximum absolute atomic E-state index is 13.2. The number of hydrogen-bond acceptors (Lipinski definition) is 4. The van der Waals surface area contributed by atoms with Gasteiger partial charge in [-0.3, -0.25) is 0 Å². The van der Waals surface area contributed by atoms with Crippen molar-refractivity contribution in [3.63, 3.8) is 0 Å². The van der Waals surface area contributed by atoms with Crippen LogP contribution in [0.5, 0.6) is 0 Å². The Morgan fingerprint density at radius 2 is 2.05 bits per heavy atom. The Bertz CT molecular complexity index is 544. The van der Waals surface area contributed by atoms with Crippen LogP contribution >= 0.6 is 0 Å². The largest absolute Gasteiger partial charge is 0.383 e. The molecule has 0 amide bonds. The topological polar surface area (TPSA) is 81.4 Å². The Balaban J connectivity index is 3.17. The summed E-state index contributed by atoms with van der Waals surface area (Å²) in [5, 5.41) is 0. The van der Waals surface area contributed by atoms with E-state index in [0.29, 0.717) is 5.56 Å². The van der Waals surface area contributed by atoms with E-state index < -0.39 is 21.4 Å². The molecule has 0 saturated carbocycles. The molecular formula is C12H19FN2O3S. The summed E-state index contributed by atoms with van der Waals surface area (Å²) in [5.74, 6) is -0.623. The molecule has 0 unspecified atom stereocenters. The van der Waals surface area contributed by atoms with Crippen molar-refractivity contribution < 1.29 is 17.5 Å². The van der Waals surface area contributed by atoms with Crippen LogP contribution in [0.2, 0.25) is 0 Å². The summed E-state index contributed by atoms with van der Waals surface area (Å²) in [6, 6.07) is 3.52. The molecule has 3 N–H and O–H groups in total. The fourth-order valence-corrected chi connectivity index (χ4v) is 3.42. The Morgan fingerprint density at radius 3 is 2.58 bits per heavy atom. The number of ether oxygens (including phenoxy) is 1. The third-order valence-corrected chi connectivity index (χ3v) is 4.23. The van der Waals surface area contributed by atoms with E-state index >= 15 is 0 Å². The Labute approximate surface area is 113 Å². The molecule has 0 heterocycles. The van der Waals surface area contributed by atoms with E-state index in [0.717, 1.165) is 6.07 Å². The molecule has 0 saturated heterocycles. The molecule has 0 aromatic heterocycles. The van der Waals surface area contributed by atoms with Crippen LogP contribution in [0, 0.1) is 5.82 Å². The van der Waals surface area contributed by atoms with Gasteiger partial charge in [-0.05, 0) is 31.5 Å². The van der Waals surface area contributed by atoms with Crippen molar-refractivity contribution in [1.29, 1.82) is 0 Å². The van der Waals surface area contributed by atoms with Crippen LogP contribution in [0.1, 0.15) is 19.4 Å². The minimum absolute atomic E-state index is 0.0151. The van der Waals surface area contributed by atoms with Gasteiger partial charge >= 0.3 is 0 Å². The molecule has 1 aromatic rings. The van der Waals surface area contributed by atoms with Crippen LogP contribution in [0.3, 0.4) is 0 Å². The van der Waals surface area contributed by atoms with Crippen LogP contribution in [-0.2, 0) is 21.3 Å². The molecule has 0 spiro atoms. The van der Waals surface area contributed by atoms with Crippen molar-refractivity contribution in [2.24, 2.45) is 5.73 Å². The second-order valence-corrected chi connectivity index (χ2v) is 6.53. The van der Waals surface area contributed by atoms with Crippen LogP contribution in [0.25, 0.3) is 0 Å². The fourth-order valence-electron chi connectivity index (χ4n) is 1.76. The van der Waals surface area contributed by atoms with E-state index in [2.05, 4.69) is 4.72 Å². The molecule has 19 heavy (non-hydrogen) atoms. The third kappa shape index (κ3) is 4.24. The van der Waals surface area contributed by atoms with E-state index in [1.807, 2.05) is 0 Å². The summed E-state index contributed by atoms with van der Waals surface area (Å²) in [6.07, 6.45) is 0. The van der Waals surface area contributed by atoms with E-state index in [9.17, 15) is 12.8 Å². The molecule has 0 aliphatic rings. The first-order valence-corrected chi connectivity index (χ1v) is 7.21. The quantitative estimate of drug-likeness (QED) is 0.818. The molecule has 108 valence electrons. The number of nitrogens with one attached hydrogen (secondary N) is 1. The second-order valence-electron chi connectivity index (χ2n) is 4.88. The summed E-state index contributed by atoms with van der Waals surface area (Å²) in [6.45, 7) is 3.56. The van der Waals surface area contributed by atoms with E-state index in [4.69, 9.17) is 10.5 Å². The highest BCUT2D eigenvalue weighted by Crippen LogP contribution is 2.19. The number of hydrogen-bond donors (Lipinski definition) is 2. The first-order chi connectivity index (χ1) is 8.72. The molecular weight excluding hydrogens is 271 g/mol. The number of benzene rings is 1. The van der Waals surface area contributed by atoms with Crippen LogP contribution in [0.15, 0.2) is 23.1 Å². The van der Waals surface area contributed by atoms with Crippen LogP contribution in [-0.4, -0.2) is 27.7 Å². The fraction of sp³-hybridized carbons (Fsp3) is 0.500. The molecule has 0 aliphatic carbocycles. The minimum Gasteiger partial charge on any atom is -0.383 e. The minimum atomic E-state index is -3.86. The predicted octanol–water partition coefficient (Wildman–Crippen LogP) is 0.988. The zero-order valence-electron chi connectivity index (χ0n) is 11.2. The molecule has 7 heteroatoms. The molecule has 0 fully saturated rings. The lowest BCUT2D eigenvalue weighted by Gasteiger charge is -2.25. The summed E-state index contributed by atoms with van der Waals surface area (Å²) in [4.78, 5) is -0.140. The standard InChI is InChI=1S/C12H19FN2O3S/c1-12(2,8-18-3)15-19(16,17)11-6-10(13)5-4-9(11)7-14/h4-6,15H,7-8,14H2,1-3H3. The van der Waals surface area contributed by atoms with E-state index in [1.54, 1.807) is 13.8 Å². The third-order valence-electron chi connectivity index (χ3n) is 2.45. The molecule has 1 aromatic carbocycles. The maximum Gasteiger partial charge on any atom is 0.241 e. The molecule has 0 atom stereocenters. The number of methoxy groups -OCH3 is 1. The van der Waals surface area contributed by atoms with Gasteiger partial charge in [0.05, 0.1) is 17.0 Å². The van der Waals surface area contributed by atoms with Crippen LogP contribution in [0.4, 0.5) is 4.39 Å². The lowest BCUT2D eigenvalue weighted by atomic mass is 10.1. The van der Waals surface area contributed by atoms with Gasteiger partial charge in [-0.2, -0.15) is 0 Å². The van der Waals surface area contributed by atoms with Gasteiger partial charge < -0.3 is 10.5 Å². The molecule has 1 rings (SSSR count). The van der Waals surface area contributed by atoms with Gasteiger partial charge in [0.15, 0.2) is 0 Å². The molecule has 0 radical (unpaired) electrons. The number of sulfonamides is 1. The maximum atomic E-state index is 13.2. The number of nitrogens with two attached hydrogens (primary N) is 1. The normalized spacial score (nSPS) is 12.7. The lowest BCUT2D eigenvalue weighted by molar-refractivity contribution is 0.141. The van der Waals surface area contributed by atoms with Gasteiger partial charge in [0.1, 0.15) is 5.82 Å². The highest BCUT2D eigenvalue weighted by molar-refractivity contribution is 7.89. The van der Waals surface area contributed by atoms with Crippen molar-refractivity contribution in [3.8, 4) is 0 Å². The molecule has 0 bridgehead atoms. The SMILES string of the molecule is COCC(C)(C)NS(=O)(=O)c1cc(F)ccc1CN. The van der Waals surface area contributed by atoms with Gasteiger partial charge in [0.25, 0.3) is 0 Å². The summed E-state index contributed by atoms with van der Waals surface area (Å²) in [7, 11) is -2.38. The predicted molar refractivity (Wildman–Crippen MR) is 70.6 cm³/mol. The Kier molecular flexibility index (Phi) is 5.03. The first-order valence-electron chi connectivity index (χ1n) is 5.73. The van der Waals surface area contributed by atoms with Gasteiger partial charge in [-0.15, -0.1) is 0 Å². The summed E-state index contributed by atoms with van der Waals surface area (Å²) >= 11 is 0. The van der Waals surface area contributed by atoms with Crippen molar-refractivity contribution in [2.75, 3.05) is 13.7 Å². The summed E-state index contributed by atoms with van der Waals surface area (Å²) < 4.78 is 45.2. The lowest BCUT2D eigenvalue weighted by Crippen LogP contribution is -2.46. The van der Waals surface area contributed by atoms with Gasteiger partial charge in [0.2, 0.25) is 10.0 Å². The smallest absolute Gasteiger partial charge is 0.241 e. The zero-order valence-corrected chi connectivity index (χ0v) is 12.1.